The number of fused-ring (bicyclic) bond motifs is 2. The third-order valence-electron chi connectivity index (χ3n) is 4.76. The summed E-state index contributed by atoms with van der Waals surface area (Å²) in [5, 5.41) is 10.5. The summed E-state index contributed by atoms with van der Waals surface area (Å²) >= 11 is 0. The molecule has 31 heavy (non-hydrogen) atoms. The van der Waals surface area contributed by atoms with Crippen molar-refractivity contribution in [3.05, 3.63) is 68.9 Å². The van der Waals surface area contributed by atoms with Gasteiger partial charge in [-0.15, -0.1) is 0 Å². The molecule has 4 aromatic rings. The van der Waals surface area contributed by atoms with Gasteiger partial charge in [0.25, 0.3) is 11.1 Å². The Labute approximate surface area is 174 Å². The Kier molecular flexibility index (Phi) is 5.27. The second-order valence-corrected chi connectivity index (χ2v) is 6.76. The van der Waals surface area contributed by atoms with Crippen molar-refractivity contribution in [2.45, 2.75) is 6.42 Å². The summed E-state index contributed by atoms with van der Waals surface area (Å²) in [6, 6.07) is 9.82. The van der Waals surface area contributed by atoms with E-state index in [-0.39, 0.29) is 35.3 Å². The highest BCUT2D eigenvalue weighted by Crippen LogP contribution is 2.25. The van der Waals surface area contributed by atoms with Gasteiger partial charge in [-0.2, -0.15) is 0 Å². The number of furan rings is 1. The van der Waals surface area contributed by atoms with Crippen molar-refractivity contribution in [3.8, 4) is 5.75 Å². The molecule has 0 saturated carbocycles. The Balaban J connectivity index is 1.41. The minimum absolute atomic E-state index is 0.0237. The van der Waals surface area contributed by atoms with Crippen LogP contribution in [0.1, 0.15) is 5.56 Å². The van der Waals surface area contributed by atoms with E-state index in [9.17, 15) is 19.2 Å². The van der Waals surface area contributed by atoms with E-state index in [1.807, 2.05) is 0 Å². The van der Waals surface area contributed by atoms with Gasteiger partial charge in [-0.1, -0.05) is 6.07 Å². The van der Waals surface area contributed by atoms with Crippen molar-refractivity contribution in [2.75, 3.05) is 19.0 Å². The van der Waals surface area contributed by atoms with E-state index in [4.69, 9.17) is 9.15 Å². The lowest BCUT2D eigenvalue weighted by Crippen LogP contribution is -2.34. The Bertz CT molecular complexity index is 1410. The van der Waals surface area contributed by atoms with E-state index in [0.29, 0.717) is 16.9 Å². The van der Waals surface area contributed by atoms with Gasteiger partial charge in [0.1, 0.15) is 11.3 Å². The number of ether oxygens (including phenoxy) is 1. The third kappa shape index (κ3) is 4.04. The van der Waals surface area contributed by atoms with E-state index < -0.39 is 17.0 Å². The first-order chi connectivity index (χ1) is 15.0. The standard InChI is InChI=1S/C21H18N4O6/c1-30-12-5-6-13-11(10-31-16(13)8-12)7-17(26)22-9-18(27)23-15-4-2-3-14-19(15)21(29)25-24-20(14)28/h2-6,8,10H,7,9H2,1H3,(H,22,26)(H,23,27)(H,24,28)(H,25,29). The lowest BCUT2D eigenvalue weighted by atomic mass is 10.1. The lowest BCUT2D eigenvalue weighted by molar-refractivity contribution is -0.123. The predicted octanol–water partition coefficient (Wildman–Crippen LogP) is 1.27. The van der Waals surface area contributed by atoms with Crippen molar-refractivity contribution in [1.82, 2.24) is 15.5 Å². The van der Waals surface area contributed by atoms with Crippen LogP contribution >= 0.6 is 0 Å². The number of benzene rings is 2. The lowest BCUT2D eigenvalue weighted by Gasteiger charge is -2.08. The van der Waals surface area contributed by atoms with Crippen molar-refractivity contribution in [1.29, 1.82) is 0 Å². The van der Waals surface area contributed by atoms with Crippen molar-refractivity contribution < 1.29 is 18.7 Å². The highest BCUT2D eigenvalue weighted by atomic mass is 16.5. The molecule has 0 bridgehead atoms. The first-order valence-electron chi connectivity index (χ1n) is 9.30. The Hall–Kier alpha value is -4.34. The fourth-order valence-electron chi connectivity index (χ4n) is 3.27. The molecule has 0 spiro atoms. The molecule has 0 aliphatic rings. The number of hydrogen-bond acceptors (Lipinski definition) is 6. The van der Waals surface area contributed by atoms with Crippen LogP contribution in [0.25, 0.3) is 21.7 Å². The van der Waals surface area contributed by atoms with Gasteiger partial charge < -0.3 is 19.8 Å². The molecule has 4 N–H and O–H groups in total. The van der Waals surface area contributed by atoms with Crippen LogP contribution in [0.2, 0.25) is 0 Å². The van der Waals surface area contributed by atoms with Crippen molar-refractivity contribution in [3.63, 3.8) is 0 Å². The fraction of sp³-hybridized carbons (Fsp3) is 0.143. The number of aromatic amines is 2. The molecule has 0 saturated heterocycles. The summed E-state index contributed by atoms with van der Waals surface area (Å²) in [6.45, 7) is -0.306. The average Bonchev–Trinajstić information content (AvgIpc) is 3.16. The quantitative estimate of drug-likeness (QED) is 0.368. The Morgan fingerprint density at radius 3 is 2.65 bits per heavy atom. The summed E-state index contributed by atoms with van der Waals surface area (Å²) in [5.74, 6) is -0.271. The second-order valence-electron chi connectivity index (χ2n) is 6.76. The Morgan fingerprint density at radius 1 is 1.03 bits per heavy atom. The minimum Gasteiger partial charge on any atom is -0.497 e. The smallest absolute Gasteiger partial charge is 0.272 e. The number of aromatic nitrogens is 2. The van der Waals surface area contributed by atoms with Crippen LogP contribution in [0.5, 0.6) is 5.75 Å². The number of carbonyl (C=O) groups excluding carboxylic acids is 2. The molecule has 0 aliphatic heterocycles. The van der Waals surface area contributed by atoms with Crippen LogP contribution in [-0.2, 0) is 16.0 Å². The first-order valence-corrected chi connectivity index (χ1v) is 9.30. The van der Waals surface area contributed by atoms with Crippen LogP contribution in [-0.4, -0.2) is 35.7 Å². The van der Waals surface area contributed by atoms with Crippen molar-refractivity contribution >= 4 is 39.2 Å². The zero-order valence-electron chi connectivity index (χ0n) is 16.4. The van der Waals surface area contributed by atoms with Crippen molar-refractivity contribution in [2.24, 2.45) is 0 Å². The molecule has 2 heterocycles. The molecule has 0 radical (unpaired) electrons. The topological polar surface area (TPSA) is 146 Å². The zero-order chi connectivity index (χ0) is 22.0. The molecule has 158 valence electrons. The monoisotopic (exact) mass is 422 g/mol. The van der Waals surface area contributed by atoms with Gasteiger partial charge >= 0.3 is 0 Å². The highest BCUT2D eigenvalue weighted by molar-refractivity contribution is 6.03. The normalized spacial score (nSPS) is 10.9. The molecule has 0 unspecified atom stereocenters. The van der Waals surface area contributed by atoms with E-state index in [0.717, 1.165) is 5.39 Å². The molecule has 2 aromatic carbocycles. The molecule has 10 heteroatoms. The summed E-state index contributed by atoms with van der Waals surface area (Å²) in [5.41, 5.74) is 0.423. The average molecular weight is 422 g/mol. The fourth-order valence-corrected chi connectivity index (χ4v) is 3.27. The number of anilines is 1. The zero-order valence-corrected chi connectivity index (χ0v) is 16.4. The number of H-pyrrole nitrogens is 2. The number of amides is 2. The van der Waals surface area contributed by atoms with Gasteiger partial charge in [0, 0.05) is 17.0 Å². The van der Waals surface area contributed by atoms with Gasteiger partial charge in [0.15, 0.2) is 0 Å². The second kappa shape index (κ2) is 8.19. The highest BCUT2D eigenvalue weighted by Gasteiger charge is 2.14. The van der Waals surface area contributed by atoms with Gasteiger partial charge in [0.05, 0.1) is 42.8 Å². The van der Waals surface area contributed by atoms with Crippen LogP contribution in [0.4, 0.5) is 5.69 Å². The SMILES string of the molecule is COc1ccc2c(CC(=O)NCC(=O)Nc3cccc4c(=O)[nH][nH]c(=O)c34)coc2c1. The Morgan fingerprint density at radius 2 is 1.84 bits per heavy atom. The molecule has 0 atom stereocenters. The molecular weight excluding hydrogens is 404 g/mol. The van der Waals surface area contributed by atoms with E-state index >= 15 is 0 Å². The maximum absolute atomic E-state index is 12.3. The van der Waals surface area contributed by atoms with E-state index in [2.05, 4.69) is 20.8 Å². The maximum atomic E-state index is 12.3. The molecular formula is C21H18N4O6. The van der Waals surface area contributed by atoms with Crippen LogP contribution in [0, 0.1) is 0 Å². The first kappa shape index (κ1) is 20.0. The van der Waals surface area contributed by atoms with Gasteiger partial charge in [-0.3, -0.25) is 29.4 Å². The van der Waals surface area contributed by atoms with Crippen LogP contribution in [0.3, 0.4) is 0 Å². The number of carbonyl (C=O) groups is 2. The summed E-state index contributed by atoms with van der Waals surface area (Å²) in [4.78, 5) is 48.5. The molecule has 4 rings (SSSR count). The molecule has 2 amide bonds. The van der Waals surface area contributed by atoms with Gasteiger partial charge in [-0.05, 0) is 24.3 Å². The summed E-state index contributed by atoms with van der Waals surface area (Å²) in [6.07, 6.45) is 1.51. The number of rotatable bonds is 6. The van der Waals surface area contributed by atoms with Gasteiger partial charge in [-0.25, -0.2) is 0 Å². The molecule has 2 aromatic heterocycles. The number of nitrogens with one attached hydrogen (secondary N) is 4. The minimum atomic E-state index is -0.544. The predicted molar refractivity (Wildman–Crippen MR) is 113 cm³/mol. The van der Waals surface area contributed by atoms with Crippen LogP contribution < -0.4 is 26.5 Å². The maximum Gasteiger partial charge on any atom is 0.272 e. The number of methoxy groups -OCH3 is 1. The van der Waals surface area contributed by atoms with E-state index in [1.165, 1.54) is 18.4 Å². The molecule has 0 fully saturated rings. The van der Waals surface area contributed by atoms with Crippen LogP contribution in [0.15, 0.2) is 56.7 Å². The molecule has 0 aliphatic carbocycles. The summed E-state index contributed by atoms with van der Waals surface area (Å²) in [7, 11) is 1.55. The number of hydrogen-bond donors (Lipinski definition) is 4. The third-order valence-corrected chi connectivity index (χ3v) is 4.76. The van der Waals surface area contributed by atoms with Gasteiger partial charge in [0.2, 0.25) is 11.8 Å². The molecule has 10 nitrogen and oxygen atoms in total. The van der Waals surface area contributed by atoms with E-state index in [1.54, 1.807) is 31.4 Å². The largest absolute Gasteiger partial charge is 0.497 e. The summed E-state index contributed by atoms with van der Waals surface area (Å²) < 4.78 is 10.6.